The second kappa shape index (κ2) is 13.9. The number of aliphatic imine (C=N–C) groups is 1. The zero-order valence-electron chi connectivity index (χ0n) is 16.8. The number of guanidine groups is 1. The zero-order chi connectivity index (χ0) is 19.9. The minimum absolute atomic E-state index is 0.118. The zero-order valence-corrected chi connectivity index (χ0v) is 16.8. The maximum Gasteiger partial charge on any atom is 0.251 e. The average Bonchev–Trinajstić information content (AvgIpc) is 2.69. The molecule has 1 unspecified atom stereocenters. The Bertz CT molecular complexity index is 555. The van der Waals surface area contributed by atoms with Crippen molar-refractivity contribution in [2.45, 2.75) is 33.1 Å². The lowest BCUT2D eigenvalue weighted by Gasteiger charge is -2.15. The number of carbonyl (C=O) groups excluding carboxylic acids is 1. The van der Waals surface area contributed by atoms with Crippen LogP contribution in [0.25, 0.3) is 0 Å². The van der Waals surface area contributed by atoms with E-state index in [1.165, 1.54) is 0 Å². The van der Waals surface area contributed by atoms with E-state index in [4.69, 9.17) is 9.84 Å². The molecule has 0 aliphatic carbocycles. The number of aliphatic hydroxyl groups is 1. The number of aliphatic hydroxyl groups excluding tert-OH is 1. The number of rotatable bonds is 12. The fraction of sp³-hybridized carbons (Fsp3) is 0.600. The summed E-state index contributed by atoms with van der Waals surface area (Å²) >= 11 is 0. The van der Waals surface area contributed by atoms with Gasteiger partial charge in [-0.25, -0.2) is 0 Å². The topological polar surface area (TPSA) is 95.0 Å². The second-order valence-electron chi connectivity index (χ2n) is 6.30. The number of nitrogens with zero attached hydrogens (tertiary/aromatic N) is 1. The van der Waals surface area contributed by atoms with Crippen LogP contribution < -0.4 is 20.7 Å². The maximum atomic E-state index is 12.1. The number of hydrogen-bond acceptors (Lipinski definition) is 4. The van der Waals surface area contributed by atoms with Crippen LogP contribution in [0, 0.1) is 5.92 Å². The first-order chi connectivity index (χ1) is 13.1. The molecule has 0 radical (unpaired) electrons. The van der Waals surface area contributed by atoms with Crippen molar-refractivity contribution in [1.29, 1.82) is 0 Å². The Hall–Kier alpha value is -2.28. The number of benzene rings is 1. The van der Waals surface area contributed by atoms with E-state index < -0.39 is 0 Å². The van der Waals surface area contributed by atoms with Crippen molar-refractivity contribution < 1.29 is 14.6 Å². The third-order valence-electron chi connectivity index (χ3n) is 4.14. The Labute approximate surface area is 162 Å². The molecular formula is C20H34N4O3. The van der Waals surface area contributed by atoms with Crippen LogP contribution in [0.2, 0.25) is 0 Å². The van der Waals surface area contributed by atoms with Gasteiger partial charge in [0, 0.05) is 38.3 Å². The summed E-state index contributed by atoms with van der Waals surface area (Å²) in [6, 6.07) is 7.01. The van der Waals surface area contributed by atoms with Gasteiger partial charge in [-0.2, -0.15) is 0 Å². The van der Waals surface area contributed by atoms with Gasteiger partial charge in [0.1, 0.15) is 5.75 Å². The molecule has 7 nitrogen and oxygen atoms in total. The summed E-state index contributed by atoms with van der Waals surface area (Å²) in [6.07, 6.45) is 2.91. The monoisotopic (exact) mass is 378 g/mol. The molecule has 4 N–H and O–H groups in total. The number of nitrogens with one attached hydrogen (secondary N) is 3. The molecule has 0 spiro atoms. The Morgan fingerprint density at radius 3 is 2.41 bits per heavy atom. The van der Waals surface area contributed by atoms with Gasteiger partial charge in [0.2, 0.25) is 0 Å². The molecule has 1 amide bonds. The predicted octanol–water partition coefficient (Wildman–Crippen LogP) is 1.78. The number of methoxy groups -OCH3 is 1. The van der Waals surface area contributed by atoms with Crippen LogP contribution in [-0.4, -0.2) is 56.9 Å². The first-order valence-corrected chi connectivity index (χ1v) is 9.69. The van der Waals surface area contributed by atoms with Crippen molar-refractivity contribution in [1.82, 2.24) is 16.0 Å². The smallest absolute Gasteiger partial charge is 0.251 e. The molecule has 0 fully saturated rings. The minimum atomic E-state index is -0.118. The summed E-state index contributed by atoms with van der Waals surface area (Å²) in [7, 11) is 1.60. The highest BCUT2D eigenvalue weighted by Crippen LogP contribution is 2.11. The summed E-state index contributed by atoms with van der Waals surface area (Å²) in [5, 5.41) is 18.5. The quantitative estimate of drug-likeness (QED) is 0.253. The summed E-state index contributed by atoms with van der Waals surface area (Å²) in [4.78, 5) is 16.7. The van der Waals surface area contributed by atoms with E-state index in [0.717, 1.165) is 37.5 Å². The molecular weight excluding hydrogens is 344 g/mol. The van der Waals surface area contributed by atoms with Gasteiger partial charge in [-0.15, -0.1) is 0 Å². The minimum Gasteiger partial charge on any atom is -0.497 e. The Kier molecular flexibility index (Phi) is 11.7. The van der Waals surface area contributed by atoms with Gasteiger partial charge in [-0.05, 0) is 49.9 Å². The highest BCUT2D eigenvalue weighted by molar-refractivity contribution is 5.94. The molecule has 0 aromatic heterocycles. The Balaban J connectivity index is 2.42. The van der Waals surface area contributed by atoms with E-state index in [0.29, 0.717) is 31.1 Å². The second-order valence-corrected chi connectivity index (χ2v) is 6.30. The Morgan fingerprint density at radius 2 is 1.81 bits per heavy atom. The van der Waals surface area contributed by atoms with Gasteiger partial charge in [-0.1, -0.05) is 13.3 Å². The van der Waals surface area contributed by atoms with Crippen molar-refractivity contribution >= 4 is 11.9 Å². The van der Waals surface area contributed by atoms with Crippen LogP contribution in [0.3, 0.4) is 0 Å². The third-order valence-corrected chi connectivity index (χ3v) is 4.14. The van der Waals surface area contributed by atoms with Crippen molar-refractivity contribution in [3.05, 3.63) is 29.8 Å². The summed E-state index contributed by atoms with van der Waals surface area (Å²) < 4.78 is 5.09. The largest absolute Gasteiger partial charge is 0.497 e. The molecule has 27 heavy (non-hydrogen) atoms. The van der Waals surface area contributed by atoms with Crippen LogP contribution in [-0.2, 0) is 0 Å². The third kappa shape index (κ3) is 9.28. The standard InChI is InChI=1S/C20H34N4O3/c1-4-6-16(11-14-25)15-24-20(21-5-2)23-13-12-22-19(26)17-7-9-18(27-3)10-8-17/h7-10,16,25H,4-6,11-15H2,1-3H3,(H,22,26)(H2,21,23,24). The summed E-state index contributed by atoms with van der Waals surface area (Å²) in [5.41, 5.74) is 0.600. The van der Waals surface area contributed by atoms with Crippen molar-refractivity contribution in [2.75, 3.05) is 39.9 Å². The molecule has 7 heteroatoms. The van der Waals surface area contributed by atoms with Crippen LogP contribution in [0.4, 0.5) is 0 Å². The maximum absolute atomic E-state index is 12.1. The van der Waals surface area contributed by atoms with E-state index in [2.05, 4.69) is 27.9 Å². The molecule has 1 aromatic carbocycles. The van der Waals surface area contributed by atoms with E-state index in [1.807, 2.05) is 6.92 Å². The van der Waals surface area contributed by atoms with Gasteiger partial charge in [0.05, 0.1) is 7.11 Å². The van der Waals surface area contributed by atoms with Crippen LogP contribution in [0.5, 0.6) is 5.75 Å². The lowest BCUT2D eigenvalue weighted by atomic mass is 10.0. The lowest BCUT2D eigenvalue weighted by molar-refractivity contribution is 0.0954. The normalized spacial score (nSPS) is 12.4. The molecule has 0 aliphatic heterocycles. The first kappa shape index (κ1) is 22.8. The number of hydrogen-bond donors (Lipinski definition) is 4. The van der Waals surface area contributed by atoms with Gasteiger partial charge >= 0.3 is 0 Å². The fourth-order valence-electron chi connectivity index (χ4n) is 2.68. The van der Waals surface area contributed by atoms with Crippen LogP contribution in [0.1, 0.15) is 43.5 Å². The molecule has 1 atom stereocenters. The lowest BCUT2D eigenvalue weighted by Crippen LogP contribution is -2.41. The average molecular weight is 379 g/mol. The van der Waals surface area contributed by atoms with E-state index in [1.54, 1.807) is 31.4 Å². The van der Waals surface area contributed by atoms with E-state index >= 15 is 0 Å². The molecule has 0 heterocycles. The van der Waals surface area contributed by atoms with E-state index in [-0.39, 0.29) is 12.5 Å². The van der Waals surface area contributed by atoms with Crippen molar-refractivity contribution in [2.24, 2.45) is 10.9 Å². The van der Waals surface area contributed by atoms with E-state index in [9.17, 15) is 4.79 Å². The molecule has 0 bridgehead atoms. The first-order valence-electron chi connectivity index (χ1n) is 9.69. The van der Waals surface area contributed by atoms with Gasteiger partial charge in [0.15, 0.2) is 5.96 Å². The molecule has 152 valence electrons. The highest BCUT2D eigenvalue weighted by atomic mass is 16.5. The fourth-order valence-corrected chi connectivity index (χ4v) is 2.68. The Morgan fingerprint density at radius 1 is 1.11 bits per heavy atom. The molecule has 1 aromatic rings. The number of carbonyl (C=O) groups is 1. The van der Waals surface area contributed by atoms with Gasteiger partial charge in [0.25, 0.3) is 5.91 Å². The van der Waals surface area contributed by atoms with Gasteiger partial charge in [-0.3, -0.25) is 9.79 Å². The van der Waals surface area contributed by atoms with Crippen LogP contribution in [0.15, 0.2) is 29.3 Å². The molecule has 0 saturated heterocycles. The predicted molar refractivity (Wildman–Crippen MR) is 109 cm³/mol. The molecule has 0 saturated carbocycles. The SMILES string of the molecule is CCCC(CCO)CN=C(NCC)NCCNC(=O)c1ccc(OC)cc1. The number of ether oxygens (including phenoxy) is 1. The summed E-state index contributed by atoms with van der Waals surface area (Å²) in [5.74, 6) is 1.73. The van der Waals surface area contributed by atoms with Crippen LogP contribution >= 0.6 is 0 Å². The van der Waals surface area contributed by atoms with Crippen molar-refractivity contribution in [3.63, 3.8) is 0 Å². The number of amides is 1. The molecule has 1 rings (SSSR count). The summed E-state index contributed by atoms with van der Waals surface area (Å²) in [6.45, 7) is 6.87. The van der Waals surface area contributed by atoms with Gasteiger partial charge < -0.3 is 25.8 Å². The highest BCUT2D eigenvalue weighted by Gasteiger charge is 2.08. The molecule has 0 aliphatic rings. The van der Waals surface area contributed by atoms with Crippen molar-refractivity contribution in [3.8, 4) is 5.75 Å².